The predicted octanol–water partition coefficient (Wildman–Crippen LogP) is 2.79. The number of hydrogen-bond acceptors (Lipinski definition) is 17. The highest BCUT2D eigenvalue weighted by atomic mass is 16.8. The van der Waals surface area contributed by atoms with E-state index in [4.69, 9.17) is 33.2 Å². The van der Waals surface area contributed by atoms with Crippen molar-refractivity contribution in [2.24, 2.45) is 22.2 Å². The monoisotopic (exact) mass is 875 g/mol. The van der Waals surface area contributed by atoms with E-state index in [1.54, 1.807) is 18.2 Å². The van der Waals surface area contributed by atoms with Crippen molar-refractivity contribution in [2.75, 3.05) is 13.7 Å². The molecule has 1 unspecified atom stereocenters. The zero-order valence-corrected chi connectivity index (χ0v) is 36.6. The lowest BCUT2D eigenvalue weighted by Crippen LogP contribution is -2.82. The van der Waals surface area contributed by atoms with E-state index >= 15 is 4.79 Å². The van der Waals surface area contributed by atoms with Crippen LogP contribution in [0.5, 0.6) is 0 Å². The number of methoxy groups -OCH3 is 1. The number of carboxylic acids is 1. The van der Waals surface area contributed by atoms with E-state index < -0.39 is 137 Å². The highest BCUT2D eigenvalue weighted by Crippen LogP contribution is 2.64. The maximum absolute atomic E-state index is 15.5. The van der Waals surface area contributed by atoms with Crippen LogP contribution in [0.1, 0.15) is 92.4 Å². The number of nitrogens with one attached hydrogen (secondary N) is 1. The van der Waals surface area contributed by atoms with Gasteiger partial charge in [-0.2, -0.15) is 0 Å². The van der Waals surface area contributed by atoms with Crippen LogP contribution in [0.2, 0.25) is 0 Å². The molecule has 3 fully saturated rings. The second-order valence-electron chi connectivity index (χ2n) is 18.7. The molecular weight excluding hydrogens is 818 g/mol. The number of carbonyl (C=O) groups is 7. The Morgan fingerprint density at radius 2 is 1.58 bits per heavy atom. The molecule has 5 rings (SSSR count). The summed E-state index contributed by atoms with van der Waals surface area (Å²) in [5.74, 6) is -7.64. The van der Waals surface area contributed by atoms with E-state index in [1.807, 2.05) is 0 Å². The maximum atomic E-state index is 15.5. The molecule has 1 aromatic carbocycles. The van der Waals surface area contributed by atoms with E-state index in [0.29, 0.717) is 0 Å². The van der Waals surface area contributed by atoms with Crippen LogP contribution in [0.3, 0.4) is 0 Å². The molecule has 0 radical (unpaired) electrons. The Labute approximate surface area is 358 Å². The number of aliphatic carboxylic acids is 1. The fourth-order valence-electron chi connectivity index (χ4n) is 9.51. The van der Waals surface area contributed by atoms with Gasteiger partial charge in [0.05, 0.1) is 48.2 Å². The van der Waals surface area contributed by atoms with E-state index in [1.165, 1.54) is 60.6 Å². The number of benzene rings is 1. The number of carboxylic acid groups (broad SMARTS) is 1. The number of ketones is 1. The Hall–Kier alpha value is -5.11. The highest BCUT2D eigenvalue weighted by Gasteiger charge is 2.78. The number of Topliss-reactive ketones (excluding diaryl/α,β-unsaturated/α-hetero) is 1. The highest BCUT2D eigenvalue weighted by molar-refractivity contribution is 5.95. The first kappa shape index (κ1) is 47.9. The third-order valence-electron chi connectivity index (χ3n) is 13.1. The standard InChI is InChI=1S/C43H57NO18/c1-20-23(59-34(50)27(47)30(39(6,7)35(51)52)44-36(53)61-38(3,4)5)18-43(55)32(60-33(49)22-15-13-12-14-16-22)29-41(10,31(48)28(58-21(2)45)26(20)40(43,8)9)24(46)17-25-42(29,19-57-25)62-37(54)56-11/h12-16,23-25,27-30,32,46-47,55H,17-19H2,1-11H3,(H,44,53)(H,51,52)/t23-,24-,25+,27-,28+,29?,30+,32-,41+,42-,43+/m0/s1. The number of ether oxygens (including phenoxy) is 7. The molecule has 0 aromatic heterocycles. The number of alkyl carbamates (subject to hydrolysis) is 1. The molecule has 1 heterocycles. The average molecular weight is 876 g/mol. The quantitative estimate of drug-likeness (QED) is 0.128. The molecule has 1 amide bonds. The molecule has 4 aliphatic rings. The SMILES string of the molecule is COC(=O)O[C@@]12CO[C@@H]1C[C@H](O)[C@@]1(C)C(=O)[C@H](OC(C)=O)C3=C(C)[C@@H](OC(=O)[C@@H](O)[C@@H](NC(=O)OC(C)(C)C)C(C)(C)C(=O)O)C[C@@](O)([C@@H](OC(=O)c4ccccc4)C12)C3(C)C. The van der Waals surface area contributed by atoms with Crippen LogP contribution in [0.4, 0.5) is 9.59 Å². The summed E-state index contributed by atoms with van der Waals surface area (Å²) in [4.78, 5) is 95.2. The molecule has 1 aromatic rings. The van der Waals surface area contributed by atoms with E-state index in [9.17, 15) is 49.2 Å². The van der Waals surface area contributed by atoms with Crippen molar-refractivity contribution in [3.63, 3.8) is 0 Å². The minimum Gasteiger partial charge on any atom is -0.481 e. The van der Waals surface area contributed by atoms with E-state index in [2.05, 4.69) is 5.32 Å². The van der Waals surface area contributed by atoms with Gasteiger partial charge < -0.3 is 58.9 Å². The summed E-state index contributed by atoms with van der Waals surface area (Å²) < 4.78 is 39.9. The maximum Gasteiger partial charge on any atom is 0.508 e. The molecule has 19 nitrogen and oxygen atoms in total. The minimum atomic E-state index is -2.52. The molecule has 2 bridgehead atoms. The Morgan fingerprint density at radius 3 is 2.10 bits per heavy atom. The van der Waals surface area contributed by atoms with Crippen LogP contribution in [-0.2, 0) is 52.3 Å². The van der Waals surface area contributed by atoms with Crippen LogP contribution in [0.25, 0.3) is 0 Å². The van der Waals surface area contributed by atoms with Gasteiger partial charge in [0, 0.05) is 25.2 Å². The molecular formula is C43H57NO18. The molecule has 1 saturated heterocycles. The summed E-state index contributed by atoms with van der Waals surface area (Å²) in [6, 6.07) is 5.71. The van der Waals surface area contributed by atoms with Gasteiger partial charge in [-0.15, -0.1) is 0 Å². The average Bonchev–Trinajstić information content (AvgIpc) is 3.17. The number of carbonyl (C=O) groups excluding carboxylic acids is 6. The van der Waals surface area contributed by atoms with Crippen molar-refractivity contribution in [3.05, 3.63) is 47.0 Å². The normalized spacial score (nSPS) is 32.4. The zero-order chi connectivity index (χ0) is 46.7. The van der Waals surface area contributed by atoms with Crippen molar-refractivity contribution in [2.45, 2.75) is 142 Å². The van der Waals surface area contributed by atoms with Crippen LogP contribution in [0, 0.1) is 22.2 Å². The smallest absolute Gasteiger partial charge is 0.481 e. The summed E-state index contributed by atoms with van der Waals surface area (Å²) in [6.07, 6.45) is -14.1. The van der Waals surface area contributed by atoms with Gasteiger partial charge >= 0.3 is 36.1 Å². The second-order valence-corrected chi connectivity index (χ2v) is 18.7. The first-order valence-corrected chi connectivity index (χ1v) is 20.1. The number of fused-ring (bicyclic) bond motifs is 5. The lowest BCUT2D eigenvalue weighted by Gasteiger charge is -2.67. The third kappa shape index (κ3) is 8.03. The van der Waals surface area contributed by atoms with Gasteiger partial charge in [0.2, 0.25) is 0 Å². The van der Waals surface area contributed by atoms with Gasteiger partial charge in [0.1, 0.15) is 29.5 Å². The molecule has 11 atom stereocenters. The number of aliphatic hydroxyl groups is 3. The second kappa shape index (κ2) is 16.5. The molecule has 62 heavy (non-hydrogen) atoms. The van der Waals surface area contributed by atoms with Crippen LogP contribution >= 0.6 is 0 Å². The number of rotatable bonds is 10. The van der Waals surface area contributed by atoms with Crippen molar-refractivity contribution in [1.29, 1.82) is 0 Å². The Balaban J connectivity index is 1.75. The van der Waals surface area contributed by atoms with Crippen molar-refractivity contribution in [1.82, 2.24) is 5.32 Å². The third-order valence-corrected chi connectivity index (χ3v) is 13.1. The molecule has 0 spiro atoms. The van der Waals surface area contributed by atoms with Gasteiger partial charge in [0.15, 0.2) is 23.6 Å². The van der Waals surface area contributed by atoms with E-state index in [-0.39, 0.29) is 23.1 Å². The molecule has 19 heteroatoms. The molecule has 2 saturated carbocycles. The fourth-order valence-corrected chi connectivity index (χ4v) is 9.51. The predicted molar refractivity (Wildman–Crippen MR) is 211 cm³/mol. The fraction of sp³-hybridized carbons (Fsp3) is 0.651. The number of esters is 3. The molecule has 1 aliphatic heterocycles. The summed E-state index contributed by atoms with van der Waals surface area (Å²) in [5, 5.41) is 49.6. The lowest BCUT2D eigenvalue weighted by molar-refractivity contribution is -0.344. The van der Waals surface area contributed by atoms with Crippen molar-refractivity contribution >= 4 is 41.9 Å². The Morgan fingerprint density at radius 1 is 0.968 bits per heavy atom. The summed E-state index contributed by atoms with van der Waals surface area (Å²) >= 11 is 0. The zero-order valence-electron chi connectivity index (χ0n) is 36.6. The molecule has 3 aliphatic carbocycles. The Kier molecular flexibility index (Phi) is 12.8. The summed E-state index contributed by atoms with van der Waals surface area (Å²) in [6.45, 7) is 13.2. The summed E-state index contributed by atoms with van der Waals surface area (Å²) in [7, 11) is 1.04. The topological polar surface area (TPSA) is 277 Å². The van der Waals surface area contributed by atoms with Gasteiger partial charge in [-0.3, -0.25) is 14.4 Å². The number of aliphatic hydroxyl groups excluding tert-OH is 2. The summed E-state index contributed by atoms with van der Waals surface area (Å²) in [5.41, 5.74) is -11.6. The van der Waals surface area contributed by atoms with Gasteiger partial charge in [-0.1, -0.05) is 32.0 Å². The Bertz CT molecular complexity index is 2020. The van der Waals surface area contributed by atoms with Gasteiger partial charge in [0.25, 0.3) is 0 Å². The first-order valence-electron chi connectivity index (χ1n) is 20.1. The minimum absolute atomic E-state index is 0.000850. The lowest BCUT2D eigenvalue weighted by atomic mass is 9.44. The van der Waals surface area contributed by atoms with Gasteiger partial charge in [-0.25, -0.2) is 19.2 Å². The largest absolute Gasteiger partial charge is 0.508 e. The van der Waals surface area contributed by atoms with Crippen molar-refractivity contribution < 1.29 is 87.1 Å². The number of hydrogen-bond donors (Lipinski definition) is 5. The van der Waals surface area contributed by atoms with E-state index in [0.717, 1.165) is 27.9 Å². The van der Waals surface area contributed by atoms with Crippen LogP contribution in [0.15, 0.2) is 41.5 Å². The molecule has 5 N–H and O–H groups in total. The molecule has 342 valence electrons. The van der Waals surface area contributed by atoms with Crippen LogP contribution < -0.4 is 5.32 Å². The van der Waals surface area contributed by atoms with Gasteiger partial charge in [-0.05, 0) is 71.7 Å². The van der Waals surface area contributed by atoms with Crippen LogP contribution in [-0.4, -0.2) is 136 Å². The number of amides is 1. The van der Waals surface area contributed by atoms with Crippen molar-refractivity contribution in [3.8, 4) is 0 Å². The first-order chi connectivity index (χ1) is 28.5.